The highest BCUT2D eigenvalue weighted by Gasteiger charge is 2.47. The number of hydrogen-bond acceptors (Lipinski definition) is 10. The van der Waals surface area contributed by atoms with E-state index in [1.165, 1.54) is 40.7 Å². The van der Waals surface area contributed by atoms with Gasteiger partial charge < -0.3 is 19.0 Å². The van der Waals surface area contributed by atoms with Gasteiger partial charge in [0.05, 0.1) is 18.7 Å². The summed E-state index contributed by atoms with van der Waals surface area (Å²) in [6, 6.07) is 30.4. The number of hydrogen-bond donors (Lipinski definition) is 1. The topological polar surface area (TPSA) is 115 Å². The van der Waals surface area contributed by atoms with Crippen LogP contribution in [0.5, 0.6) is 17.2 Å². The van der Waals surface area contributed by atoms with Crippen molar-refractivity contribution < 1.29 is 28.6 Å². The van der Waals surface area contributed by atoms with Crippen molar-refractivity contribution in [1.29, 1.82) is 0 Å². The fraction of sp³-hybridized carbons (Fsp3) is 0.111. The zero-order valence-electron chi connectivity index (χ0n) is 25.2. The van der Waals surface area contributed by atoms with Gasteiger partial charge in [0.1, 0.15) is 11.5 Å². The molecule has 0 saturated heterocycles. The van der Waals surface area contributed by atoms with Crippen LogP contribution in [0.15, 0.2) is 123 Å². The molecule has 4 aromatic carbocycles. The van der Waals surface area contributed by atoms with Crippen molar-refractivity contribution in [3.05, 3.63) is 137 Å². The number of furan rings is 1. The summed E-state index contributed by atoms with van der Waals surface area (Å²) in [6.07, 6.45) is 0. The first kappa shape index (κ1) is 30.3. The Morgan fingerprint density at radius 2 is 1.72 bits per heavy atom. The van der Waals surface area contributed by atoms with Gasteiger partial charge in [0.25, 0.3) is 5.91 Å². The van der Waals surface area contributed by atoms with Gasteiger partial charge in [-0.15, -0.1) is 10.2 Å². The highest BCUT2D eigenvalue weighted by molar-refractivity contribution is 8.00. The maximum absolute atomic E-state index is 14.2. The molecule has 7 rings (SSSR count). The predicted octanol–water partition coefficient (Wildman–Crippen LogP) is 8.47. The van der Waals surface area contributed by atoms with Gasteiger partial charge in [0.15, 0.2) is 27.2 Å². The molecule has 3 heterocycles. The van der Waals surface area contributed by atoms with Crippen LogP contribution >= 0.6 is 23.1 Å². The van der Waals surface area contributed by atoms with Gasteiger partial charge in [0.2, 0.25) is 10.9 Å². The fourth-order valence-corrected chi connectivity index (χ4v) is 7.18. The number of para-hydroxylation sites is 2. The number of aliphatic hydroxyl groups is 1. The van der Waals surface area contributed by atoms with Crippen LogP contribution in [0.2, 0.25) is 0 Å². The zero-order chi connectivity index (χ0) is 32.5. The van der Waals surface area contributed by atoms with E-state index in [0.717, 1.165) is 5.56 Å². The lowest BCUT2D eigenvalue weighted by Crippen LogP contribution is -2.31. The van der Waals surface area contributed by atoms with Crippen molar-refractivity contribution in [2.75, 3.05) is 12.0 Å². The summed E-state index contributed by atoms with van der Waals surface area (Å²) in [5, 5.41) is 20.9. The van der Waals surface area contributed by atoms with Crippen LogP contribution in [0, 0.1) is 6.92 Å². The number of thioether (sulfide) groups is 1. The van der Waals surface area contributed by atoms with E-state index in [1.807, 2.05) is 37.3 Å². The Kier molecular flexibility index (Phi) is 8.23. The molecule has 6 aromatic rings. The number of Topliss-reactive ketones (excluding diaryl/α,β-unsaturated/α-hetero) is 1. The van der Waals surface area contributed by atoms with E-state index in [4.69, 9.17) is 13.9 Å². The lowest BCUT2D eigenvalue weighted by molar-refractivity contribution is -0.117. The Hall–Kier alpha value is -5.39. The molecule has 47 heavy (non-hydrogen) atoms. The third-order valence-electron chi connectivity index (χ3n) is 7.64. The second-order valence-corrected chi connectivity index (χ2v) is 12.9. The molecule has 9 nitrogen and oxygen atoms in total. The summed E-state index contributed by atoms with van der Waals surface area (Å²) >= 11 is 2.70. The molecule has 0 bridgehead atoms. The van der Waals surface area contributed by atoms with E-state index in [9.17, 15) is 14.7 Å². The minimum Gasteiger partial charge on any atom is -0.503 e. The molecular weight excluding hydrogens is 635 g/mol. The molecule has 0 spiro atoms. The van der Waals surface area contributed by atoms with E-state index in [-0.39, 0.29) is 16.5 Å². The molecule has 234 valence electrons. The van der Waals surface area contributed by atoms with Gasteiger partial charge >= 0.3 is 0 Å². The number of carbonyl (C=O) groups excluding carboxylic acids is 2. The third-order valence-corrected chi connectivity index (χ3v) is 9.77. The lowest BCUT2D eigenvalue weighted by Gasteiger charge is -2.24. The highest BCUT2D eigenvalue weighted by atomic mass is 32.2. The van der Waals surface area contributed by atoms with E-state index in [1.54, 1.807) is 48.5 Å². The van der Waals surface area contributed by atoms with E-state index in [2.05, 4.69) is 34.5 Å². The number of ether oxygens (including phenoxy) is 2. The molecule has 1 amide bonds. The second-order valence-electron chi connectivity index (χ2n) is 10.8. The maximum atomic E-state index is 14.2. The standard InChI is InChI=1S/C36H27N3O6S2/c1-21-14-16-22(17-15-21)20-46-36-38-37-35(47-36)39-30(23-8-6-12-26(18-23)44-25-10-4-3-5-11-25)29(32(41)34(39)42)31(40)28-19-24-9-7-13-27(43-2)33(24)45-28/h3-19,30,41H,20H2,1-2H3. The van der Waals surface area contributed by atoms with Crippen molar-refractivity contribution in [3.63, 3.8) is 0 Å². The number of anilines is 1. The van der Waals surface area contributed by atoms with Crippen LogP contribution in [0.25, 0.3) is 11.0 Å². The average Bonchev–Trinajstić information content (AvgIpc) is 3.81. The molecule has 0 fully saturated rings. The largest absolute Gasteiger partial charge is 0.503 e. The summed E-state index contributed by atoms with van der Waals surface area (Å²) < 4.78 is 18.1. The first-order valence-electron chi connectivity index (χ1n) is 14.6. The molecule has 1 N–H and O–H groups in total. The smallest absolute Gasteiger partial charge is 0.296 e. The normalized spacial score (nSPS) is 14.6. The number of aryl methyl sites for hydroxylation is 1. The van der Waals surface area contributed by atoms with Crippen molar-refractivity contribution in [2.24, 2.45) is 0 Å². The third kappa shape index (κ3) is 5.98. The minimum absolute atomic E-state index is 0.0472. The maximum Gasteiger partial charge on any atom is 0.296 e. The first-order chi connectivity index (χ1) is 22.9. The van der Waals surface area contributed by atoms with Gasteiger partial charge in [-0.25, -0.2) is 0 Å². The van der Waals surface area contributed by atoms with Gasteiger partial charge in [-0.1, -0.05) is 95.4 Å². The quantitative estimate of drug-likeness (QED) is 0.0877. The Morgan fingerprint density at radius 3 is 2.51 bits per heavy atom. The average molecular weight is 662 g/mol. The molecular formula is C36H27N3O6S2. The minimum atomic E-state index is -1.05. The zero-order valence-corrected chi connectivity index (χ0v) is 26.9. The monoisotopic (exact) mass is 661 g/mol. The molecule has 1 unspecified atom stereocenters. The number of ketones is 1. The molecule has 0 aliphatic carbocycles. The van der Waals surface area contributed by atoms with Gasteiger partial charge in [0, 0.05) is 11.1 Å². The van der Waals surface area contributed by atoms with Gasteiger partial charge in [-0.2, -0.15) is 0 Å². The Balaban J connectivity index is 1.27. The highest BCUT2D eigenvalue weighted by Crippen LogP contribution is 2.45. The van der Waals surface area contributed by atoms with Crippen molar-refractivity contribution in [2.45, 2.75) is 23.1 Å². The van der Waals surface area contributed by atoms with Crippen LogP contribution < -0.4 is 14.4 Å². The molecule has 11 heteroatoms. The molecule has 1 aliphatic heterocycles. The number of aliphatic hydroxyl groups excluding tert-OH is 1. The number of carbonyl (C=O) groups is 2. The molecule has 0 radical (unpaired) electrons. The molecule has 0 saturated carbocycles. The molecule has 1 atom stereocenters. The Labute approximate surface area is 278 Å². The van der Waals surface area contributed by atoms with Crippen LogP contribution in [-0.2, 0) is 10.5 Å². The van der Waals surface area contributed by atoms with E-state index < -0.39 is 23.5 Å². The summed E-state index contributed by atoms with van der Waals surface area (Å²) in [5.41, 5.74) is 3.06. The van der Waals surface area contributed by atoms with E-state index in [0.29, 0.717) is 43.9 Å². The van der Waals surface area contributed by atoms with Crippen LogP contribution in [-0.4, -0.2) is 34.1 Å². The fourth-order valence-electron chi connectivity index (χ4n) is 5.35. The summed E-state index contributed by atoms with van der Waals surface area (Å²) in [6.45, 7) is 2.04. The van der Waals surface area contributed by atoms with Crippen molar-refractivity contribution >= 4 is 50.9 Å². The van der Waals surface area contributed by atoms with E-state index >= 15 is 0 Å². The Morgan fingerprint density at radius 1 is 0.957 bits per heavy atom. The van der Waals surface area contributed by atoms with Gasteiger partial charge in [-0.05, 0) is 54.4 Å². The van der Waals surface area contributed by atoms with Crippen LogP contribution in [0.3, 0.4) is 0 Å². The number of methoxy groups -OCH3 is 1. The number of amides is 1. The number of benzene rings is 4. The summed E-state index contributed by atoms with van der Waals surface area (Å²) in [5.74, 6) is 0.0693. The lowest BCUT2D eigenvalue weighted by atomic mass is 9.95. The predicted molar refractivity (Wildman–Crippen MR) is 181 cm³/mol. The summed E-state index contributed by atoms with van der Waals surface area (Å²) in [7, 11) is 1.51. The van der Waals surface area contributed by atoms with Crippen LogP contribution in [0.4, 0.5) is 5.13 Å². The van der Waals surface area contributed by atoms with Crippen LogP contribution in [0.1, 0.15) is 33.3 Å². The molecule has 1 aliphatic rings. The Bertz CT molecular complexity index is 2140. The van der Waals surface area contributed by atoms with Crippen molar-refractivity contribution in [3.8, 4) is 17.2 Å². The number of aromatic nitrogens is 2. The number of fused-ring (bicyclic) bond motifs is 1. The first-order valence-corrected chi connectivity index (χ1v) is 16.4. The SMILES string of the molecule is COc1cccc2cc(C(=O)C3=C(O)C(=O)N(c4nnc(SCc5ccc(C)cc5)s4)C3c3cccc(Oc4ccccc4)c3)oc12. The van der Waals surface area contributed by atoms with Gasteiger partial charge in [-0.3, -0.25) is 14.5 Å². The molecule has 2 aromatic heterocycles. The number of rotatable bonds is 10. The number of nitrogens with zero attached hydrogens (tertiary/aromatic N) is 3. The van der Waals surface area contributed by atoms with Crippen molar-refractivity contribution in [1.82, 2.24) is 10.2 Å². The summed E-state index contributed by atoms with van der Waals surface area (Å²) in [4.78, 5) is 29.3. The second kappa shape index (κ2) is 12.8.